The van der Waals surface area contributed by atoms with Crippen LogP contribution in [0.1, 0.15) is 0 Å². The number of rotatable bonds is 0. The zero-order valence-corrected chi connectivity index (χ0v) is 13.1. The van der Waals surface area contributed by atoms with E-state index in [2.05, 4.69) is 0 Å². The molecule has 0 bridgehead atoms. The van der Waals surface area contributed by atoms with Gasteiger partial charge in [-0.3, -0.25) is 0 Å². The Morgan fingerprint density at radius 2 is 1.00 bits per heavy atom. The van der Waals surface area contributed by atoms with Gasteiger partial charge in [-0.15, -0.1) is 0 Å². The van der Waals surface area contributed by atoms with E-state index in [1.807, 2.05) is 0 Å². The van der Waals surface area contributed by atoms with Crippen molar-refractivity contribution in [2.75, 3.05) is 0 Å². The molecule has 0 aliphatic carbocycles. The van der Waals surface area contributed by atoms with Crippen LogP contribution in [-0.2, 0) is 44.7 Å². The first-order valence-corrected chi connectivity index (χ1v) is 0. The molecule has 0 aromatic carbocycles. The maximum Gasteiger partial charge on any atom is 0 e. The van der Waals surface area contributed by atoms with Crippen molar-refractivity contribution < 1.29 is 44.7 Å². The van der Waals surface area contributed by atoms with E-state index < -0.39 is 0 Å². The van der Waals surface area contributed by atoms with Crippen molar-refractivity contribution in [3.05, 3.63) is 0 Å². The summed E-state index contributed by atoms with van der Waals surface area (Å²) in [6.07, 6.45) is 0. The minimum atomic E-state index is 0. The predicted molar refractivity (Wildman–Crippen MR) is 11.5 cm³/mol. The van der Waals surface area contributed by atoms with E-state index in [4.69, 9.17) is 0 Å². The van der Waals surface area contributed by atoms with Crippen LogP contribution in [0.4, 0.5) is 0 Å². The number of hydrogen-bond acceptors (Lipinski definition) is 0. The fourth-order valence-corrected chi connectivity index (χ4v) is 0. The van der Waals surface area contributed by atoms with Crippen molar-refractivity contribution in [1.29, 1.82) is 0 Å². The summed E-state index contributed by atoms with van der Waals surface area (Å²) in [5.74, 6) is 0. The summed E-state index contributed by atoms with van der Waals surface area (Å²) in [6, 6.07) is 0. The second kappa shape index (κ2) is 16.8. The third kappa shape index (κ3) is 8.87. The molecule has 0 nitrogen and oxygen atoms in total. The minimum Gasteiger partial charge on any atom is 0 e. The maximum absolute atomic E-state index is 0. The van der Waals surface area contributed by atoms with Gasteiger partial charge in [0.15, 0.2) is 0 Å². The normalized spacial score (nSPS) is 0. The molecule has 0 heterocycles. The van der Waals surface area contributed by atoms with Crippen molar-refractivity contribution in [3.63, 3.8) is 0 Å². The van der Waals surface area contributed by atoms with Gasteiger partial charge in [0.2, 0.25) is 0 Å². The van der Waals surface area contributed by atoms with E-state index in [1.54, 1.807) is 0 Å². The Balaban J connectivity index is 0. The van der Waals surface area contributed by atoms with Gasteiger partial charge in [0, 0.05) is 89.9 Å². The van der Waals surface area contributed by atoms with Gasteiger partial charge >= 0.3 is 0 Å². The Kier molecular flexibility index (Phi) is 119. The monoisotopic (exact) mass is 449 g/mol. The Bertz CT molecular complexity index is 8.00. The molecule has 0 amide bonds. The third-order valence-electron chi connectivity index (χ3n) is 0. The summed E-state index contributed by atoms with van der Waals surface area (Å²) in [5.41, 5.74) is 0. The van der Waals surface area contributed by atoms with Gasteiger partial charge in [-0.05, 0) is 0 Å². The molecule has 0 spiro atoms. The molecule has 0 unspecified atom stereocenters. The van der Waals surface area contributed by atoms with Crippen molar-refractivity contribution in [2.45, 2.75) is 0 Å². The van der Waals surface area contributed by atoms with Gasteiger partial charge in [0.1, 0.15) is 0 Å². The zero-order chi connectivity index (χ0) is 0. The molecule has 0 fully saturated rings. The van der Waals surface area contributed by atoms with Gasteiger partial charge in [0.05, 0.1) is 0 Å². The minimum absolute atomic E-state index is 0. The standard InChI is InChI=1S/As.Cd.Cr.Pb. The van der Waals surface area contributed by atoms with E-state index in [0.717, 1.165) is 0 Å². The van der Waals surface area contributed by atoms with E-state index >= 15 is 0 Å². The van der Waals surface area contributed by atoms with Crippen molar-refractivity contribution in [3.8, 4) is 0 Å². The van der Waals surface area contributed by atoms with Crippen LogP contribution in [0.25, 0.3) is 0 Å². The van der Waals surface area contributed by atoms with Gasteiger partial charge in [-0.25, -0.2) is 0 Å². The van der Waals surface area contributed by atoms with Crippen molar-refractivity contribution in [2.24, 2.45) is 0 Å². The molecule has 17 valence electrons. The predicted octanol–water partition coefficient (Wildman–Crippen LogP) is -0.767. The van der Waals surface area contributed by atoms with Crippen LogP contribution < -0.4 is 0 Å². The molecule has 0 aliphatic rings. The van der Waals surface area contributed by atoms with E-state index in [-0.39, 0.29) is 89.9 Å². The SMILES string of the molecule is [As].[Cd].[Cr].[Pb]. The molecule has 0 saturated carbocycles. The van der Waals surface area contributed by atoms with Gasteiger partial charge in [-0.2, -0.15) is 0 Å². The fourth-order valence-electron chi connectivity index (χ4n) is 0. The second-order valence-corrected chi connectivity index (χ2v) is 0. The van der Waals surface area contributed by atoms with E-state index in [1.165, 1.54) is 0 Å². The molecule has 0 aromatic heterocycles. The van der Waals surface area contributed by atoms with Crippen LogP contribution >= 0.6 is 0 Å². The first kappa shape index (κ1) is 28.4. The molecule has 4 heteroatoms. The van der Waals surface area contributed by atoms with E-state index in [0.29, 0.717) is 0 Å². The Labute approximate surface area is 88.2 Å². The largest absolute Gasteiger partial charge is 0 e. The summed E-state index contributed by atoms with van der Waals surface area (Å²) in [7, 11) is 0. The summed E-state index contributed by atoms with van der Waals surface area (Å²) in [5, 5.41) is 0. The first-order valence-electron chi connectivity index (χ1n) is 0. The van der Waals surface area contributed by atoms with E-state index in [9.17, 15) is 0 Å². The maximum atomic E-state index is 0. The van der Waals surface area contributed by atoms with Crippen LogP contribution in [0.15, 0.2) is 0 Å². The van der Waals surface area contributed by atoms with Crippen LogP contribution in [0, 0.1) is 0 Å². The van der Waals surface area contributed by atoms with Crippen LogP contribution in [-0.4, -0.2) is 45.3 Å². The van der Waals surface area contributed by atoms with Gasteiger partial charge < -0.3 is 0 Å². The molecule has 0 N–H and O–H groups in total. The molecular formula is AsCdCrPb. The summed E-state index contributed by atoms with van der Waals surface area (Å²) in [4.78, 5) is 0. The quantitative estimate of drug-likeness (QED) is 0.429. The fraction of sp³-hybridized carbons (Fsp3) is 0. The zero-order valence-electron chi connectivity index (χ0n) is 2.06. The molecule has 0 aliphatic heterocycles. The van der Waals surface area contributed by atoms with Crippen LogP contribution in [0.2, 0.25) is 0 Å². The van der Waals surface area contributed by atoms with Crippen molar-refractivity contribution >= 4 is 45.3 Å². The summed E-state index contributed by atoms with van der Waals surface area (Å²) < 4.78 is 0. The summed E-state index contributed by atoms with van der Waals surface area (Å²) in [6.45, 7) is 0. The number of hydrogen-bond donors (Lipinski definition) is 0. The van der Waals surface area contributed by atoms with Gasteiger partial charge in [0.25, 0.3) is 0 Å². The average Bonchev–Trinajstić information content (AvgIpc) is 0. The molecule has 0 saturated heterocycles. The molecule has 0 aromatic rings. The molecular weight excluding hydrogens is 447 g/mol. The molecule has 7 radical (unpaired) electrons. The smallest absolute Gasteiger partial charge is 0 e. The molecule has 4 heavy (non-hydrogen) atoms. The van der Waals surface area contributed by atoms with Crippen molar-refractivity contribution in [1.82, 2.24) is 0 Å². The van der Waals surface area contributed by atoms with Crippen LogP contribution in [0.3, 0.4) is 0 Å². The Morgan fingerprint density at radius 3 is 1.00 bits per heavy atom. The molecule has 0 atom stereocenters. The second-order valence-electron chi connectivity index (χ2n) is 0. The Hall–Kier alpha value is 2.94. The summed E-state index contributed by atoms with van der Waals surface area (Å²) >= 11 is 0. The van der Waals surface area contributed by atoms with Crippen LogP contribution in [0.5, 0.6) is 0 Å². The third-order valence-corrected chi connectivity index (χ3v) is 0. The van der Waals surface area contributed by atoms with Gasteiger partial charge in [-0.1, -0.05) is 0 Å². The first-order chi connectivity index (χ1) is 0. The topological polar surface area (TPSA) is 0 Å². The average molecular weight is 447 g/mol. The Morgan fingerprint density at radius 1 is 1.00 bits per heavy atom. The molecule has 0 rings (SSSR count).